The minimum atomic E-state index is -0.938. The molecule has 0 radical (unpaired) electrons. The molecule has 1 aromatic carbocycles. The lowest BCUT2D eigenvalue weighted by atomic mass is 10.1. The molecule has 0 heterocycles. The Balaban J connectivity index is 2.57. The van der Waals surface area contributed by atoms with Crippen LogP contribution in [0.5, 0.6) is 0 Å². The molecule has 0 fully saturated rings. The number of amides is 2. The van der Waals surface area contributed by atoms with Gasteiger partial charge in [-0.2, -0.15) is 0 Å². The summed E-state index contributed by atoms with van der Waals surface area (Å²) < 4.78 is 10.5. The molecular weight excluding hydrogens is 348 g/mol. The molecule has 1 aromatic rings. The zero-order valence-corrected chi connectivity index (χ0v) is 16.9. The van der Waals surface area contributed by atoms with Crippen LogP contribution in [0.15, 0.2) is 30.3 Å². The highest BCUT2D eigenvalue weighted by atomic mass is 16.6. The van der Waals surface area contributed by atoms with Gasteiger partial charge in [-0.05, 0) is 39.7 Å². The van der Waals surface area contributed by atoms with Crippen molar-refractivity contribution in [3.05, 3.63) is 35.9 Å². The highest BCUT2D eigenvalue weighted by Gasteiger charge is 2.26. The molecule has 0 saturated carbocycles. The Kier molecular flexibility index (Phi) is 9.08. The first-order valence-corrected chi connectivity index (χ1v) is 9.29. The van der Waals surface area contributed by atoms with Crippen LogP contribution in [-0.4, -0.2) is 53.0 Å². The van der Waals surface area contributed by atoms with Crippen molar-refractivity contribution in [1.29, 1.82) is 0 Å². The van der Waals surface area contributed by atoms with Crippen molar-refractivity contribution in [2.75, 3.05) is 13.1 Å². The van der Waals surface area contributed by atoms with Gasteiger partial charge in [0.25, 0.3) is 0 Å². The number of aliphatic hydroxyl groups is 1. The zero-order valence-electron chi connectivity index (χ0n) is 16.9. The second kappa shape index (κ2) is 10.8. The predicted molar refractivity (Wildman–Crippen MR) is 103 cm³/mol. The lowest BCUT2D eigenvalue weighted by Crippen LogP contribution is -2.50. The first-order valence-electron chi connectivity index (χ1n) is 9.29. The fourth-order valence-electron chi connectivity index (χ4n) is 2.43. The van der Waals surface area contributed by atoms with Crippen LogP contribution in [0, 0.1) is 0 Å². The molecule has 152 valence electrons. The number of likely N-dealkylation sites (N-methyl/N-ethyl adjacent to an activating group) is 1. The molecule has 0 saturated heterocycles. The van der Waals surface area contributed by atoms with Gasteiger partial charge in [-0.25, -0.2) is 9.59 Å². The summed E-state index contributed by atoms with van der Waals surface area (Å²) in [5, 5.41) is 13.1. The molecule has 0 bridgehead atoms. The van der Waals surface area contributed by atoms with E-state index < -0.39 is 29.9 Å². The first kappa shape index (κ1) is 22.8. The largest absolute Gasteiger partial charge is 0.445 e. The van der Waals surface area contributed by atoms with Crippen LogP contribution in [0.1, 0.15) is 46.6 Å². The first-order chi connectivity index (χ1) is 12.7. The van der Waals surface area contributed by atoms with Crippen LogP contribution in [0.2, 0.25) is 0 Å². The van der Waals surface area contributed by atoms with E-state index in [1.807, 2.05) is 37.3 Å². The molecule has 0 aliphatic rings. The van der Waals surface area contributed by atoms with Crippen LogP contribution in [-0.2, 0) is 16.1 Å². The molecule has 7 heteroatoms. The minimum absolute atomic E-state index is 0.0540. The van der Waals surface area contributed by atoms with Crippen molar-refractivity contribution >= 4 is 12.2 Å². The number of ether oxygens (including phenoxy) is 2. The molecule has 0 aromatic heterocycles. The lowest BCUT2D eigenvalue weighted by molar-refractivity contribution is 0.0338. The number of benzene rings is 1. The van der Waals surface area contributed by atoms with Crippen molar-refractivity contribution in [3.63, 3.8) is 0 Å². The van der Waals surface area contributed by atoms with Gasteiger partial charge in [0.05, 0.1) is 18.7 Å². The van der Waals surface area contributed by atoms with E-state index in [1.165, 1.54) is 4.90 Å². The van der Waals surface area contributed by atoms with Crippen LogP contribution < -0.4 is 5.32 Å². The third-order valence-electron chi connectivity index (χ3n) is 3.86. The molecule has 7 nitrogen and oxygen atoms in total. The van der Waals surface area contributed by atoms with Crippen molar-refractivity contribution in [3.8, 4) is 0 Å². The Morgan fingerprint density at radius 1 is 1.19 bits per heavy atom. The average Bonchev–Trinajstić information content (AvgIpc) is 2.61. The Bertz CT molecular complexity index is 586. The summed E-state index contributed by atoms with van der Waals surface area (Å²) in [4.78, 5) is 25.6. The standard InChI is InChI=1S/C20H32N2O5/c1-6-16(21-18(24)27-20(3,4)5)17(23)13-22(7-2)19(25)26-14-15-11-9-8-10-12-15/h8-12,16-17,23H,6-7,13-14H2,1-5H3,(H,21,24)/t16-,17+/m0/s1. The third kappa shape index (κ3) is 8.77. The molecule has 1 rings (SSSR count). The number of hydrogen-bond donors (Lipinski definition) is 2. The van der Waals surface area contributed by atoms with E-state index in [0.717, 1.165) is 5.56 Å². The quantitative estimate of drug-likeness (QED) is 0.722. The van der Waals surface area contributed by atoms with Crippen LogP contribution in [0.25, 0.3) is 0 Å². The van der Waals surface area contributed by atoms with Gasteiger partial charge in [-0.15, -0.1) is 0 Å². The van der Waals surface area contributed by atoms with E-state index in [0.29, 0.717) is 13.0 Å². The van der Waals surface area contributed by atoms with Gasteiger partial charge < -0.3 is 24.8 Å². The summed E-state index contributed by atoms with van der Waals surface area (Å²) in [6, 6.07) is 8.85. The van der Waals surface area contributed by atoms with Crippen LogP contribution >= 0.6 is 0 Å². The summed E-state index contributed by atoms with van der Waals surface area (Å²) in [6.45, 7) is 9.56. The van der Waals surface area contributed by atoms with E-state index >= 15 is 0 Å². The lowest BCUT2D eigenvalue weighted by Gasteiger charge is -2.29. The third-order valence-corrected chi connectivity index (χ3v) is 3.86. The fourth-order valence-corrected chi connectivity index (χ4v) is 2.43. The topological polar surface area (TPSA) is 88.1 Å². The fraction of sp³-hybridized carbons (Fsp3) is 0.600. The SMILES string of the molecule is CC[C@H](NC(=O)OC(C)(C)C)[C@H](O)CN(CC)C(=O)OCc1ccccc1. The van der Waals surface area contributed by atoms with E-state index in [1.54, 1.807) is 27.7 Å². The second-order valence-electron chi connectivity index (χ2n) is 7.31. The van der Waals surface area contributed by atoms with Gasteiger partial charge in [0, 0.05) is 6.54 Å². The smallest absolute Gasteiger partial charge is 0.410 e. The maximum atomic E-state index is 12.3. The average molecular weight is 380 g/mol. The number of carbonyl (C=O) groups excluding carboxylic acids is 2. The van der Waals surface area contributed by atoms with Gasteiger partial charge >= 0.3 is 12.2 Å². The van der Waals surface area contributed by atoms with Crippen molar-refractivity contribution in [2.24, 2.45) is 0 Å². The van der Waals surface area contributed by atoms with E-state index in [9.17, 15) is 14.7 Å². The Morgan fingerprint density at radius 2 is 1.81 bits per heavy atom. The number of nitrogens with zero attached hydrogens (tertiary/aromatic N) is 1. The number of rotatable bonds is 8. The van der Waals surface area contributed by atoms with Gasteiger partial charge in [-0.3, -0.25) is 0 Å². The van der Waals surface area contributed by atoms with Crippen LogP contribution in [0.4, 0.5) is 9.59 Å². The maximum absolute atomic E-state index is 12.3. The summed E-state index contributed by atoms with van der Waals surface area (Å²) in [6.07, 6.45) is -1.54. The highest BCUT2D eigenvalue weighted by molar-refractivity contribution is 5.68. The Hall–Kier alpha value is -2.28. The van der Waals surface area contributed by atoms with Gasteiger partial charge in [0.15, 0.2) is 0 Å². The highest BCUT2D eigenvalue weighted by Crippen LogP contribution is 2.10. The summed E-state index contributed by atoms with van der Waals surface area (Å²) >= 11 is 0. The second-order valence-corrected chi connectivity index (χ2v) is 7.31. The molecule has 0 aliphatic carbocycles. The number of alkyl carbamates (subject to hydrolysis) is 1. The van der Waals surface area contributed by atoms with Gasteiger partial charge in [-0.1, -0.05) is 37.3 Å². The molecule has 2 atom stereocenters. The van der Waals surface area contributed by atoms with E-state index in [4.69, 9.17) is 9.47 Å². The number of carbonyl (C=O) groups is 2. The molecular formula is C20H32N2O5. The molecule has 0 aliphatic heterocycles. The zero-order chi connectivity index (χ0) is 20.4. The summed E-state index contributed by atoms with van der Waals surface area (Å²) in [7, 11) is 0. The summed E-state index contributed by atoms with van der Waals surface area (Å²) in [5.74, 6) is 0. The van der Waals surface area contributed by atoms with Crippen LogP contribution in [0.3, 0.4) is 0 Å². The Morgan fingerprint density at radius 3 is 2.33 bits per heavy atom. The molecule has 2 amide bonds. The normalized spacial score (nSPS) is 13.4. The van der Waals surface area contributed by atoms with Crippen molar-refractivity contribution < 1.29 is 24.2 Å². The molecule has 0 unspecified atom stereocenters. The molecule has 27 heavy (non-hydrogen) atoms. The number of nitrogens with one attached hydrogen (secondary N) is 1. The number of aliphatic hydroxyl groups excluding tert-OH is 1. The van der Waals surface area contributed by atoms with Crippen molar-refractivity contribution in [1.82, 2.24) is 10.2 Å². The van der Waals surface area contributed by atoms with Crippen molar-refractivity contribution in [2.45, 2.75) is 65.4 Å². The molecule has 2 N–H and O–H groups in total. The molecule has 0 spiro atoms. The minimum Gasteiger partial charge on any atom is -0.445 e. The maximum Gasteiger partial charge on any atom is 0.410 e. The monoisotopic (exact) mass is 380 g/mol. The van der Waals surface area contributed by atoms with Gasteiger partial charge in [0.1, 0.15) is 12.2 Å². The van der Waals surface area contributed by atoms with E-state index in [2.05, 4.69) is 5.32 Å². The summed E-state index contributed by atoms with van der Waals surface area (Å²) in [5.41, 5.74) is 0.268. The predicted octanol–water partition coefficient (Wildman–Crippen LogP) is 3.31. The Labute approximate surface area is 161 Å². The van der Waals surface area contributed by atoms with Gasteiger partial charge in [0.2, 0.25) is 0 Å². The van der Waals surface area contributed by atoms with E-state index in [-0.39, 0.29) is 13.2 Å². The number of hydrogen-bond acceptors (Lipinski definition) is 5.